The maximum absolute atomic E-state index is 12.7. The molecule has 1 atom stereocenters. The van der Waals surface area contributed by atoms with Gasteiger partial charge in [0.2, 0.25) is 11.8 Å². The zero-order chi connectivity index (χ0) is 17.4. The molecular formula is C19H18N4O2. The number of rotatable bonds is 4. The monoisotopic (exact) mass is 334 g/mol. The number of aryl methyl sites for hydroxylation is 1. The van der Waals surface area contributed by atoms with Crippen LogP contribution in [0.15, 0.2) is 48.9 Å². The molecule has 6 heteroatoms. The topological polar surface area (TPSA) is 68.1 Å². The molecule has 126 valence electrons. The van der Waals surface area contributed by atoms with Crippen LogP contribution >= 0.6 is 0 Å². The van der Waals surface area contributed by atoms with Gasteiger partial charge in [0.05, 0.1) is 24.2 Å². The van der Waals surface area contributed by atoms with Crippen LogP contribution in [0.25, 0.3) is 10.9 Å². The average molecular weight is 334 g/mol. The SMILES string of the molecule is Cn1cc(C[C@@H]2CC(=O)N(Cc3cccc4cccnc34)C2=O)cn1. The Morgan fingerprint density at radius 1 is 1.20 bits per heavy atom. The van der Waals surface area contributed by atoms with Crippen molar-refractivity contribution in [1.82, 2.24) is 19.7 Å². The number of carbonyl (C=O) groups is 2. The van der Waals surface area contributed by atoms with Crippen molar-refractivity contribution in [2.45, 2.75) is 19.4 Å². The molecule has 1 aromatic carbocycles. The van der Waals surface area contributed by atoms with Crippen LogP contribution < -0.4 is 0 Å². The lowest BCUT2D eigenvalue weighted by molar-refractivity contribution is -0.140. The number of aromatic nitrogens is 3. The lowest BCUT2D eigenvalue weighted by Gasteiger charge is -2.16. The van der Waals surface area contributed by atoms with Gasteiger partial charge in [0.25, 0.3) is 0 Å². The van der Waals surface area contributed by atoms with Crippen molar-refractivity contribution in [2.24, 2.45) is 13.0 Å². The highest BCUT2D eigenvalue weighted by Gasteiger charge is 2.38. The molecule has 4 rings (SSSR count). The molecule has 0 N–H and O–H groups in total. The number of imide groups is 1. The van der Waals surface area contributed by atoms with Gasteiger partial charge in [0.15, 0.2) is 0 Å². The van der Waals surface area contributed by atoms with Crippen LogP contribution in [0.1, 0.15) is 17.5 Å². The standard InChI is InChI=1S/C19H18N4O2/c1-22-11-13(10-21-22)8-16-9-17(24)23(19(16)25)12-15-5-2-4-14-6-3-7-20-18(14)15/h2-7,10-11,16H,8-9,12H2,1H3/t16-/m1/s1. The summed E-state index contributed by atoms with van der Waals surface area (Å²) >= 11 is 0. The van der Waals surface area contributed by atoms with Crippen molar-refractivity contribution in [2.75, 3.05) is 0 Å². The van der Waals surface area contributed by atoms with Crippen LogP contribution in [0, 0.1) is 5.92 Å². The molecule has 1 saturated heterocycles. The lowest BCUT2D eigenvalue weighted by atomic mass is 10.0. The van der Waals surface area contributed by atoms with Crippen LogP contribution in [-0.2, 0) is 29.6 Å². The molecule has 6 nitrogen and oxygen atoms in total. The van der Waals surface area contributed by atoms with Crippen LogP contribution in [0.5, 0.6) is 0 Å². The van der Waals surface area contributed by atoms with Crippen LogP contribution in [0.4, 0.5) is 0 Å². The Labute approximate surface area is 145 Å². The molecule has 0 aliphatic carbocycles. The van der Waals surface area contributed by atoms with E-state index in [1.807, 2.05) is 43.6 Å². The molecule has 0 bridgehead atoms. The van der Waals surface area contributed by atoms with E-state index in [4.69, 9.17) is 0 Å². The summed E-state index contributed by atoms with van der Waals surface area (Å²) in [7, 11) is 1.84. The zero-order valence-electron chi connectivity index (χ0n) is 13.9. The van der Waals surface area contributed by atoms with Crippen molar-refractivity contribution in [3.8, 4) is 0 Å². The Kier molecular flexibility index (Phi) is 3.80. The second-order valence-corrected chi connectivity index (χ2v) is 6.44. The first-order valence-electron chi connectivity index (χ1n) is 8.26. The number of fused-ring (bicyclic) bond motifs is 1. The third-order valence-electron chi connectivity index (χ3n) is 4.62. The van der Waals surface area contributed by atoms with Gasteiger partial charge in [0, 0.05) is 31.2 Å². The van der Waals surface area contributed by atoms with E-state index in [-0.39, 0.29) is 30.7 Å². The smallest absolute Gasteiger partial charge is 0.233 e. The largest absolute Gasteiger partial charge is 0.278 e. The fourth-order valence-electron chi connectivity index (χ4n) is 3.40. The van der Waals surface area contributed by atoms with Crippen LogP contribution in [0.2, 0.25) is 0 Å². The molecule has 3 heterocycles. The molecule has 1 fully saturated rings. The lowest BCUT2D eigenvalue weighted by Crippen LogP contribution is -2.30. The van der Waals surface area contributed by atoms with Crippen LogP contribution in [-0.4, -0.2) is 31.5 Å². The van der Waals surface area contributed by atoms with Gasteiger partial charge >= 0.3 is 0 Å². The maximum atomic E-state index is 12.7. The molecule has 0 saturated carbocycles. The summed E-state index contributed by atoms with van der Waals surface area (Å²) < 4.78 is 1.70. The van der Waals surface area contributed by atoms with E-state index < -0.39 is 0 Å². The van der Waals surface area contributed by atoms with Gasteiger partial charge in [-0.1, -0.05) is 24.3 Å². The fourth-order valence-corrected chi connectivity index (χ4v) is 3.40. The van der Waals surface area contributed by atoms with E-state index >= 15 is 0 Å². The number of pyridine rings is 1. The van der Waals surface area contributed by atoms with E-state index in [0.29, 0.717) is 6.42 Å². The van der Waals surface area contributed by atoms with Crippen molar-refractivity contribution in [3.63, 3.8) is 0 Å². The number of likely N-dealkylation sites (tertiary alicyclic amines) is 1. The number of para-hydroxylation sites is 1. The average Bonchev–Trinajstić information content (AvgIpc) is 3.13. The second-order valence-electron chi connectivity index (χ2n) is 6.44. The number of benzene rings is 1. The number of nitrogens with zero attached hydrogens (tertiary/aromatic N) is 4. The van der Waals surface area contributed by atoms with Crippen molar-refractivity contribution in [1.29, 1.82) is 0 Å². The molecule has 1 aliphatic rings. The summed E-state index contributed by atoms with van der Waals surface area (Å²) in [5, 5.41) is 5.13. The van der Waals surface area contributed by atoms with Gasteiger partial charge in [-0.25, -0.2) is 0 Å². The van der Waals surface area contributed by atoms with E-state index in [1.54, 1.807) is 17.1 Å². The van der Waals surface area contributed by atoms with Gasteiger partial charge in [-0.3, -0.25) is 24.2 Å². The first kappa shape index (κ1) is 15.5. The summed E-state index contributed by atoms with van der Waals surface area (Å²) in [6.45, 7) is 0.273. The molecule has 2 amide bonds. The van der Waals surface area contributed by atoms with E-state index in [0.717, 1.165) is 22.0 Å². The van der Waals surface area contributed by atoms with Crippen LogP contribution in [0.3, 0.4) is 0 Å². The third-order valence-corrected chi connectivity index (χ3v) is 4.62. The van der Waals surface area contributed by atoms with Gasteiger partial charge in [-0.2, -0.15) is 5.10 Å². The Balaban J connectivity index is 1.56. The second kappa shape index (κ2) is 6.12. The number of carbonyl (C=O) groups excluding carboxylic acids is 2. The summed E-state index contributed by atoms with van der Waals surface area (Å²) in [5.74, 6) is -0.534. The Morgan fingerprint density at radius 2 is 2.04 bits per heavy atom. The molecule has 25 heavy (non-hydrogen) atoms. The van der Waals surface area contributed by atoms with Gasteiger partial charge in [-0.05, 0) is 23.6 Å². The Bertz CT molecular complexity index is 957. The molecule has 2 aromatic heterocycles. The molecule has 0 radical (unpaired) electrons. The summed E-state index contributed by atoms with van der Waals surface area (Å²) in [5.41, 5.74) is 2.70. The quantitative estimate of drug-likeness (QED) is 0.685. The molecular weight excluding hydrogens is 316 g/mol. The Hall–Kier alpha value is -3.02. The molecule has 0 unspecified atom stereocenters. The van der Waals surface area contributed by atoms with E-state index in [1.165, 1.54) is 4.90 Å². The fraction of sp³-hybridized carbons (Fsp3) is 0.263. The zero-order valence-corrected chi connectivity index (χ0v) is 13.9. The highest BCUT2D eigenvalue weighted by Crippen LogP contribution is 2.26. The number of hydrogen-bond donors (Lipinski definition) is 0. The molecule has 3 aromatic rings. The minimum absolute atomic E-state index is 0.109. The molecule has 1 aliphatic heterocycles. The first-order valence-corrected chi connectivity index (χ1v) is 8.26. The first-order chi connectivity index (χ1) is 12.1. The number of amides is 2. The summed E-state index contributed by atoms with van der Waals surface area (Å²) in [4.78, 5) is 30.9. The summed E-state index contributed by atoms with van der Waals surface area (Å²) in [6, 6.07) is 9.68. The minimum Gasteiger partial charge on any atom is -0.278 e. The summed E-state index contributed by atoms with van der Waals surface area (Å²) in [6.07, 6.45) is 6.16. The van der Waals surface area contributed by atoms with Crippen molar-refractivity contribution in [3.05, 3.63) is 60.0 Å². The molecule has 0 spiro atoms. The predicted molar refractivity (Wildman–Crippen MR) is 92.3 cm³/mol. The van der Waals surface area contributed by atoms with E-state index in [2.05, 4.69) is 10.1 Å². The van der Waals surface area contributed by atoms with Gasteiger partial charge in [0.1, 0.15) is 0 Å². The normalized spacial score (nSPS) is 17.6. The highest BCUT2D eigenvalue weighted by atomic mass is 16.2. The third kappa shape index (κ3) is 2.91. The van der Waals surface area contributed by atoms with Gasteiger partial charge in [-0.15, -0.1) is 0 Å². The maximum Gasteiger partial charge on any atom is 0.233 e. The minimum atomic E-state index is -0.306. The van der Waals surface area contributed by atoms with Crippen molar-refractivity contribution < 1.29 is 9.59 Å². The van der Waals surface area contributed by atoms with E-state index in [9.17, 15) is 9.59 Å². The predicted octanol–water partition coefficient (Wildman–Crippen LogP) is 2.09. The van der Waals surface area contributed by atoms with Gasteiger partial charge < -0.3 is 0 Å². The number of hydrogen-bond acceptors (Lipinski definition) is 4. The van der Waals surface area contributed by atoms with Crippen molar-refractivity contribution >= 4 is 22.7 Å². The Morgan fingerprint density at radius 3 is 2.84 bits per heavy atom. The highest BCUT2D eigenvalue weighted by molar-refractivity contribution is 6.03.